The van der Waals surface area contributed by atoms with Gasteiger partial charge < -0.3 is 9.84 Å². The van der Waals surface area contributed by atoms with Gasteiger partial charge in [-0.05, 0) is 36.8 Å². The molecule has 0 radical (unpaired) electrons. The average molecular weight is 403 g/mol. The molecule has 1 N–H and O–H groups in total. The van der Waals surface area contributed by atoms with Crippen LogP contribution in [0.2, 0.25) is 5.02 Å². The molecule has 2 aromatic carbocycles. The minimum absolute atomic E-state index is 0.118. The van der Waals surface area contributed by atoms with Crippen LogP contribution in [0, 0.1) is 12.7 Å². The number of nitrogens with zero attached hydrogens (tertiary/aromatic N) is 2. The summed E-state index contributed by atoms with van der Waals surface area (Å²) in [6, 6.07) is 11.6. The molecule has 0 saturated carbocycles. The lowest BCUT2D eigenvalue weighted by Gasteiger charge is -2.16. The van der Waals surface area contributed by atoms with Gasteiger partial charge in [-0.2, -0.15) is 0 Å². The maximum Gasteiger partial charge on any atom is 0.257 e. The molecular formula is C21H20ClFN2O3. The Morgan fingerprint density at radius 2 is 2.04 bits per heavy atom. The number of aryl methyl sites for hydroxylation is 1. The monoisotopic (exact) mass is 402 g/mol. The SMILES string of the molecule is COc1ccc(Cn2c(-c3cccc(Cl)c3)nc(C)c(CCO)c2=O)cc1F. The number of hydrogen-bond donors (Lipinski definition) is 1. The lowest BCUT2D eigenvalue weighted by atomic mass is 10.1. The third kappa shape index (κ3) is 4.08. The third-order valence-electron chi connectivity index (χ3n) is 4.47. The molecule has 1 aromatic heterocycles. The van der Waals surface area contributed by atoms with E-state index in [-0.39, 0.29) is 30.9 Å². The predicted octanol–water partition coefficient (Wildman–Crippen LogP) is 3.60. The molecule has 0 unspecified atom stereocenters. The van der Waals surface area contributed by atoms with Crippen molar-refractivity contribution in [2.45, 2.75) is 19.9 Å². The van der Waals surface area contributed by atoms with Gasteiger partial charge in [-0.25, -0.2) is 9.37 Å². The molecule has 0 aliphatic carbocycles. The number of aromatic nitrogens is 2. The molecule has 0 saturated heterocycles. The third-order valence-corrected chi connectivity index (χ3v) is 4.71. The molecule has 146 valence electrons. The van der Waals surface area contributed by atoms with E-state index in [4.69, 9.17) is 16.3 Å². The minimum Gasteiger partial charge on any atom is -0.494 e. The highest BCUT2D eigenvalue weighted by atomic mass is 35.5. The molecule has 0 atom stereocenters. The molecule has 3 aromatic rings. The second-order valence-corrected chi connectivity index (χ2v) is 6.78. The maximum absolute atomic E-state index is 14.1. The quantitative estimate of drug-likeness (QED) is 0.684. The van der Waals surface area contributed by atoms with Crippen LogP contribution >= 0.6 is 11.6 Å². The summed E-state index contributed by atoms with van der Waals surface area (Å²) >= 11 is 6.11. The van der Waals surface area contributed by atoms with Crippen molar-refractivity contribution in [2.75, 3.05) is 13.7 Å². The van der Waals surface area contributed by atoms with Crippen molar-refractivity contribution in [2.24, 2.45) is 0 Å². The van der Waals surface area contributed by atoms with E-state index < -0.39 is 5.82 Å². The fourth-order valence-electron chi connectivity index (χ4n) is 3.09. The Balaban J connectivity index is 2.17. The zero-order chi connectivity index (χ0) is 20.3. The van der Waals surface area contributed by atoms with Crippen molar-refractivity contribution in [1.82, 2.24) is 9.55 Å². The zero-order valence-electron chi connectivity index (χ0n) is 15.6. The van der Waals surface area contributed by atoms with Crippen molar-refractivity contribution >= 4 is 11.6 Å². The fraction of sp³-hybridized carbons (Fsp3) is 0.238. The largest absolute Gasteiger partial charge is 0.494 e. The molecule has 0 spiro atoms. The van der Waals surface area contributed by atoms with Gasteiger partial charge in [0, 0.05) is 34.9 Å². The van der Waals surface area contributed by atoms with Crippen LogP contribution in [-0.2, 0) is 13.0 Å². The van der Waals surface area contributed by atoms with Gasteiger partial charge in [-0.15, -0.1) is 0 Å². The van der Waals surface area contributed by atoms with Crippen molar-refractivity contribution in [1.29, 1.82) is 0 Å². The Morgan fingerprint density at radius 1 is 1.25 bits per heavy atom. The molecule has 28 heavy (non-hydrogen) atoms. The first-order valence-electron chi connectivity index (χ1n) is 8.74. The Hall–Kier alpha value is -2.70. The second kappa shape index (κ2) is 8.54. The van der Waals surface area contributed by atoms with Gasteiger partial charge in [-0.3, -0.25) is 9.36 Å². The Kier molecular flexibility index (Phi) is 6.11. The van der Waals surface area contributed by atoms with Gasteiger partial charge >= 0.3 is 0 Å². The van der Waals surface area contributed by atoms with Gasteiger partial charge in [0.15, 0.2) is 11.6 Å². The lowest BCUT2D eigenvalue weighted by Crippen LogP contribution is -2.29. The number of aliphatic hydroxyl groups is 1. The normalized spacial score (nSPS) is 10.9. The van der Waals surface area contributed by atoms with Crippen LogP contribution in [0.1, 0.15) is 16.8 Å². The number of aliphatic hydroxyl groups excluding tert-OH is 1. The summed E-state index contributed by atoms with van der Waals surface area (Å²) in [5, 5.41) is 9.83. The molecule has 0 aliphatic heterocycles. The van der Waals surface area contributed by atoms with Gasteiger partial charge in [0.1, 0.15) is 5.82 Å². The van der Waals surface area contributed by atoms with Crippen LogP contribution in [0.15, 0.2) is 47.3 Å². The molecule has 0 fully saturated rings. The highest BCUT2D eigenvalue weighted by molar-refractivity contribution is 6.30. The minimum atomic E-state index is -0.506. The van der Waals surface area contributed by atoms with Crippen LogP contribution < -0.4 is 10.3 Å². The van der Waals surface area contributed by atoms with Gasteiger partial charge in [-0.1, -0.05) is 29.8 Å². The molecular weight excluding hydrogens is 383 g/mol. The molecule has 0 aliphatic rings. The summed E-state index contributed by atoms with van der Waals surface area (Å²) in [6.45, 7) is 1.69. The molecule has 3 rings (SSSR count). The predicted molar refractivity (Wildman–Crippen MR) is 107 cm³/mol. The van der Waals surface area contributed by atoms with Gasteiger partial charge in [0.2, 0.25) is 0 Å². The van der Waals surface area contributed by atoms with Crippen LogP contribution in [0.5, 0.6) is 5.75 Å². The smallest absolute Gasteiger partial charge is 0.257 e. The summed E-state index contributed by atoms with van der Waals surface area (Å²) < 4.78 is 20.5. The molecule has 7 heteroatoms. The van der Waals surface area contributed by atoms with Crippen molar-refractivity contribution in [3.8, 4) is 17.1 Å². The number of hydrogen-bond acceptors (Lipinski definition) is 4. The number of ether oxygens (including phenoxy) is 1. The fourth-order valence-corrected chi connectivity index (χ4v) is 3.28. The van der Waals surface area contributed by atoms with E-state index in [1.165, 1.54) is 23.8 Å². The summed E-state index contributed by atoms with van der Waals surface area (Å²) in [4.78, 5) is 17.7. The van der Waals surface area contributed by atoms with Gasteiger partial charge in [0.05, 0.1) is 13.7 Å². The van der Waals surface area contributed by atoms with E-state index in [2.05, 4.69) is 4.98 Å². The van der Waals surface area contributed by atoms with E-state index in [0.717, 1.165) is 0 Å². The van der Waals surface area contributed by atoms with Crippen molar-refractivity contribution in [3.63, 3.8) is 0 Å². The Morgan fingerprint density at radius 3 is 2.68 bits per heavy atom. The Bertz CT molecular complexity index is 1070. The van der Waals surface area contributed by atoms with Gasteiger partial charge in [0.25, 0.3) is 5.56 Å². The van der Waals surface area contributed by atoms with E-state index in [0.29, 0.717) is 33.2 Å². The highest BCUT2D eigenvalue weighted by Gasteiger charge is 2.16. The number of methoxy groups -OCH3 is 1. The summed E-state index contributed by atoms with van der Waals surface area (Å²) in [5.41, 5.74) is 1.97. The highest BCUT2D eigenvalue weighted by Crippen LogP contribution is 2.23. The van der Waals surface area contributed by atoms with E-state index in [1.54, 1.807) is 31.2 Å². The first kappa shape index (κ1) is 20.0. The summed E-state index contributed by atoms with van der Waals surface area (Å²) in [7, 11) is 1.39. The van der Waals surface area contributed by atoms with Crippen LogP contribution in [0.3, 0.4) is 0 Å². The number of rotatable bonds is 6. The molecule has 0 bridgehead atoms. The van der Waals surface area contributed by atoms with Crippen molar-refractivity contribution in [3.05, 3.63) is 80.5 Å². The van der Waals surface area contributed by atoms with Crippen LogP contribution in [-0.4, -0.2) is 28.4 Å². The summed E-state index contributed by atoms with van der Waals surface area (Å²) in [5.74, 6) is 0.0603. The summed E-state index contributed by atoms with van der Waals surface area (Å²) in [6.07, 6.45) is 0.199. The Labute approximate surface area is 167 Å². The average Bonchev–Trinajstić information content (AvgIpc) is 2.67. The zero-order valence-corrected chi connectivity index (χ0v) is 16.3. The molecule has 0 amide bonds. The molecule has 1 heterocycles. The van der Waals surface area contributed by atoms with E-state index in [1.807, 2.05) is 6.07 Å². The molecule has 5 nitrogen and oxygen atoms in total. The lowest BCUT2D eigenvalue weighted by molar-refractivity contribution is 0.298. The number of benzene rings is 2. The first-order chi connectivity index (χ1) is 13.4. The second-order valence-electron chi connectivity index (χ2n) is 6.34. The standard InChI is InChI=1S/C21H20ClFN2O3/c1-13-17(8-9-26)21(27)25(12-14-6-7-19(28-2)18(23)10-14)20(24-13)15-4-3-5-16(22)11-15/h3-7,10-11,26H,8-9,12H2,1-2H3. The first-order valence-corrected chi connectivity index (χ1v) is 9.12. The maximum atomic E-state index is 14.1. The van der Waals surface area contributed by atoms with E-state index >= 15 is 0 Å². The topological polar surface area (TPSA) is 64.3 Å². The van der Waals surface area contributed by atoms with Crippen LogP contribution in [0.4, 0.5) is 4.39 Å². The number of halogens is 2. The van der Waals surface area contributed by atoms with Crippen molar-refractivity contribution < 1.29 is 14.2 Å². The van der Waals surface area contributed by atoms with Crippen LogP contribution in [0.25, 0.3) is 11.4 Å². The van der Waals surface area contributed by atoms with E-state index in [9.17, 15) is 14.3 Å².